The minimum atomic E-state index is -0.748. The van der Waals surface area contributed by atoms with Gasteiger partial charge in [-0.3, -0.25) is 9.69 Å². The molecule has 0 bridgehead atoms. The van der Waals surface area contributed by atoms with Crippen molar-refractivity contribution >= 4 is 37.8 Å². The zero-order valence-electron chi connectivity index (χ0n) is 8.45. The minimum absolute atomic E-state index is 0.373. The van der Waals surface area contributed by atoms with Crippen molar-refractivity contribution in [1.29, 1.82) is 0 Å². The Bertz CT molecular complexity index is 385. The third-order valence-electron chi connectivity index (χ3n) is 2.70. The molecule has 0 radical (unpaired) electrons. The summed E-state index contributed by atoms with van der Waals surface area (Å²) in [5.74, 6) is 0.0223. The van der Waals surface area contributed by atoms with Crippen molar-refractivity contribution in [3.63, 3.8) is 0 Å². The lowest BCUT2D eigenvalue weighted by Gasteiger charge is -2.19. The van der Waals surface area contributed by atoms with Crippen molar-refractivity contribution in [1.82, 2.24) is 4.90 Å². The quantitative estimate of drug-likeness (QED) is 0.908. The van der Waals surface area contributed by atoms with Crippen LogP contribution >= 0.6 is 31.9 Å². The lowest BCUT2D eigenvalue weighted by Crippen LogP contribution is -2.35. The van der Waals surface area contributed by atoms with Gasteiger partial charge in [-0.1, -0.05) is 0 Å². The van der Waals surface area contributed by atoms with Crippen LogP contribution in [0.3, 0.4) is 0 Å². The van der Waals surface area contributed by atoms with E-state index in [1.54, 1.807) is 0 Å². The molecule has 0 saturated carbocycles. The molecule has 6 heteroatoms. The lowest BCUT2D eigenvalue weighted by molar-refractivity contribution is -0.142. The van der Waals surface area contributed by atoms with Gasteiger partial charge in [0.25, 0.3) is 0 Å². The molecular formula is C10H11Br2NO3. The minimum Gasteiger partial charge on any atom is -0.480 e. The van der Waals surface area contributed by atoms with Crippen LogP contribution in [-0.4, -0.2) is 28.6 Å². The van der Waals surface area contributed by atoms with E-state index in [4.69, 9.17) is 9.52 Å². The first-order chi connectivity index (χ1) is 7.58. The molecule has 1 saturated heterocycles. The fourth-order valence-electron chi connectivity index (χ4n) is 1.96. The summed E-state index contributed by atoms with van der Waals surface area (Å²) >= 11 is 6.60. The smallest absolute Gasteiger partial charge is 0.320 e. The molecule has 16 heavy (non-hydrogen) atoms. The predicted octanol–water partition coefficient (Wildman–Crippen LogP) is 2.85. The molecule has 1 aromatic rings. The van der Waals surface area contributed by atoms with Gasteiger partial charge >= 0.3 is 5.97 Å². The van der Waals surface area contributed by atoms with Crippen LogP contribution in [0.1, 0.15) is 18.6 Å². The fourth-order valence-corrected chi connectivity index (χ4v) is 2.62. The summed E-state index contributed by atoms with van der Waals surface area (Å²) in [5, 5.41) is 9.03. The van der Waals surface area contributed by atoms with Crippen LogP contribution in [0.4, 0.5) is 0 Å². The molecule has 1 aliphatic rings. The Morgan fingerprint density at radius 3 is 2.94 bits per heavy atom. The van der Waals surface area contributed by atoms with Gasteiger partial charge in [-0.25, -0.2) is 0 Å². The monoisotopic (exact) mass is 351 g/mol. The lowest BCUT2D eigenvalue weighted by atomic mass is 10.2. The first-order valence-electron chi connectivity index (χ1n) is 4.98. The van der Waals surface area contributed by atoms with Gasteiger partial charge in [0, 0.05) is 0 Å². The molecule has 1 fully saturated rings. The maximum Gasteiger partial charge on any atom is 0.320 e. The largest absolute Gasteiger partial charge is 0.480 e. The SMILES string of the molecule is O=C(O)C1CCCN1Cc1cc(Br)c(Br)o1. The van der Waals surface area contributed by atoms with Crippen LogP contribution in [0.15, 0.2) is 19.6 Å². The molecule has 0 spiro atoms. The zero-order valence-corrected chi connectivity index (χ0v) is 11.6. The maximum absolute atomic E-state index is 11.0. The summed E-state index contributed by atoms with van der Waals surface area (Å²) in [5.41, 5.74) is 0. The van der Waals surface area contributed by atoms with Gasteiger partial charge in [0.05, 0.1) is 11.0 Å². The Balaban J connectivity index is 2.06. The number of carboxylic acids is 1. The highest BCUT2D eigenvalue weighted by Crippen LogP contribution is 2.29. The number of carbonyl (C=O) groups is 1. The first kappa shape index (κ1) is 12.1. The Morgan fingerprint density at radius 2 is 2.38 bits per heavy atom. The number of halogens is 2. The Morgan fingerprint density at radius 1 is 1.62 bits per heavy atom. The normalized spacial score (nSPS) is 21.5. The number of likely N-dealkylation sites (tertiary alicyclic amines) is 1. The highest BCUT2D eigenvalue weighted by molar-refractivity contribution is 9.13. The van der Waals surface area contributed by atoms with Crippen molar-refractivity contribution in [3.8, 4) is 0 Å². The molecule has 2 rings (SSSR count). The van der Waals surface area contributed by atoms with E-state index in [1.165, 1.54) is 0 Å². The third-order valence-corrected chi connectivity index (χ3v) is 4.41. The zero-order chi connectivity index (χ0) is 11.7. The summed E-state index contributed by atoms with van der Waals surface area (Å²) in [6, 6.07) is 1.49. The van der Waals surface area contributed by atoms with Crippen molar-refractivity contribution < 1.29 is 14.3 Å². The average Bonchev–Trinajstić information content (AvgIpc) is 2.75. The summed E-state index contributed by atoms with van der Waals surface area (Å²) in [4.78, 5) is 12.9. The maximum atomic E-state index is 11.0. The summed E-state index contributed by atoms with van der Waals surface area (Å²) in [6.45, 7) is 1.36. The number of rotatable bonds is 3. The van der Waals surface area contributed by atoms with Gasteiger partial charge in [-0.2, -0.15) is 0 Å². The molecule has 0 aromatic carbocycles. The van der Waals surface area contributed by atoms with Crippen molar-refractivity contribution in [2.45, 2.75) is 25.4 Å². The Labute approximate surface area is 110 Å². The number of furan rings is 1. The Kier molecular flexibility index (Phi) is 3.71. The van der Waals surface area contributed by atoms with Gasteiger partial charge in [0.1, 0.15) is 11.8 Å². The van der Waals surface area contributed by atoms with Crippen molar-refractivity contribution in [2.24, 2.45) is 0 Å². The molecule has 4 nitrogen and oxygen atoms in total. The number of carboxylic acid groups (broad SMARTS) is 1. The number of aliphatic carboxylic acids is 1. The van der Waals surface area contributed by atoms with Gasteiger partial charge in [0.15, 0.2) is 4.67 Å². The molecule has 1 N–H and O–H groups in total. The van der Waals surface area contributed by atoms with E-state index in [0.29, 0.717) is 11.2 Å². The number of nitrogens with zero attached hydrogens (tertiary/aromatic N) is 1. The number of hydrogen-bond acceptors (Lipinski definition) is 3. The van der Waals surface area contributed by atoms with Gasteiger partial charge in [-0.15, -0.1) is 0 Å². The molecule has 1 aliphatic heterocycles. The second-order valence-corrected chi connectivity index (χ2v) is 5.38. The summed E-state index contributed by atoms with van der Waals surface area (Å²) < 4.78 is 6.94. The fraction of sp³-hybridized carbons (Fsp3) is 0.500. The molecule has 2 heterocycles. The predicted molar refractivity (Wildman–Crippen MR) is 65.2 cm³/mol. The molecule has 88 valence electrons. The topological polar surface area (TPSA) is 53.7 Å². The molecule has 1 unspecified atom stereocenters. The van der Waals surface area contributed by atoms with E-state index in [2.05, 4.69) is 31.9 Å². The van der Waals surface area contributed by atoms with Crippen LogP contribution < -0.4 is 0 Å². The third kappa shape index (κ3) is 2.49. The van der Waals surface area contributed by atoms with Crippen LogP contribution in [0.25, 0.3) is 0 Å². The van der Waals surface area contributed by atoms with Gasteiger partial charge in [-0.05, 0) is 57.3 Å². The molecule has 1 aromatic heterocycles. The first-order valence-corrected chi connectivity index (χ1v) is 6.57. The number of hydrogen-bond donors (Lipinski definition) is 1. The molecule has 1 atom stereocenters. The standard InChI is InChI=1S/C10H11Br2NO3/c11-7-4-6(16-9(7)12)5-13-3-1-2-8(13)10(14)15/h4,8H,1-3,5H2,(H,14,15). The molecule has 0 amide bonds. The summed E-state index contributed by atoms with van der Waals surface area (Å²) in [7, 11) is 0. The van der Waals surface area contributed by atoms with Crippen molar-refractivity contribution in [3.05, 3.63) is 21.0 Å². The van der Waals surface area contributed by atoms with E-state index in [0.717, 1.165) is 29.6 Å². The summed E-state index contributed by atoms with van der Waals surface area (Å²) in [6.07, 6.45) is 1.65. The van der Waals surface area contributed by atoms with E-state index < -0.39 is 5.97 Å². The van der Waals surface area contributed by atoms with Crippen LogP contribution in [0.2, 0.25) is 0 Å². The highest BCUT2D eigenvalue weighted by atomic mass is 79.9. The van der Waals surface area contributed by atoms with Gasteiger partial charge in [0.2, 0.25) is 0 Å². The molecule has 0 aliphatic carbocycles. The van der Waals surface area contributed by atoms with Gasteiger partial charge < -0.3 is 9.52 Å². The van der Waals surface area contributed by atoms with Crippen LogP contribution in [-0.2, 0) is 11.3 Å². The van der Waals surface area contributed by atoms with E-state index in [-0.39, 0.29) is 6.04 Å². The van der Waals surface area contributed by atoms with E-state index >= 15 is 0 Å². The Hall–Kier alpha value is -0.330. The molecular weight excluding hydrogens is 342 g/mol. The van der Waals surface area contributed by atoms with Crippen molar-refractivity contribution in [2.75, 3.05) is 6.54 Å². The highest BCUT2D eigenvalue weighted by Gasteiger charge is 2.31. The van der Waals surface area contributed by atoms with E-state index in [1.807, 2.05) is 11.0 Å². The second-order valence-electron chi connectivity index (χ2n) is 3.80. The van der Waals surface area contributed by atoms with E-state index in [9.17, 15) is 4.79 Å². The van der Waals surface area contributed by atoms with Crippen LogP contribution in [0, 0.1) is 0 Å². The van der Waals surface area contributed by atoms with Crippen LogP contribution in [0.5, 0.6) is 0 Å². The average molecular weight is 353 g/mol. The second kappa shape index (κ2) is 4.89.